The van der Waals surface area contributed by atoms with Gasteiger partial charge in [0.25, 0.3) is 0 Å². The van der Waals surface area contributed by atoms with Crippen molar-refractivity contribution in [2.24, 2.45) is 5.92 Å². The molecule has 0 aliphatic carbocycles. The van der Waals surface area contributed by atoms with Gasteiger partial charge < -0.3 is 10.1 Å². The van der Waals surface area contributed by atoms with E-state index in [4.69, 9.17) is 4.74 Å². The van der Waals surface area contributed by atoms with E-state index in [1.165, 1.54) is 0 Å². The topological polar surface area (TPSA) is 63.2 Å². The molecule has 2 aromatic rings. The van der Waals surface area contributed by atoms with Crippen molar-refractivity contribution in [1.29, 1.82) is 0 Å². The van der Waals surface area contributed by atoms with Gasteiger partial charge in [-0.2, -0.15) is 0 Å². The zero-order chi connectivity index (χ0) is 15.9. The minimum atomic E-state index is -0.325. The number of anilines is 2. The summed E-state index contributed by atoms with van der Waals surface area (Å²) in [7, 11) is 0. The first-order valence-corrected chi connectivity index (χ1v) is 7.26. The highest BCUT2D eigenvalue weighted by Crippen LogP contribution is 2.16. The molecule has 0 unspecified atom stereocenters. The second-order valence-corrected chi connectivity index (χ2v) is 5.53. The van der Waals surface area contributed by atoms with Crippen molar-refractivity contribution in [1.82, 2.24) is 4.98 Å². The Morgan fingerprint density at radius 2 is 1.91 bits per heavy atom. The molecule has 22 heavy (non-hydrogen) atoms. The molecule has 116 valence electrons. The summed E-state index contributed by atoms with van der Waals surface area (Å²) in [5, 5.41) is 5.45. The normalized spacial score (nSPS) is 10.4. The number of benzene rings is 1. The lowest BCUT2D eigenvalue weighted by atomic mass is 10.2. The number of carbonyl (C=O) groups is 1. The van der Waals surface area contributed by atoms with Gasteiger partial charge in [-0.05, 0) is 54.8 Å². The molecule has 0 saturated heterocycles. The molecule has 0 aliphatic heterocycles. The van der Waals surface area contributed by atoms with E-state index in [0.717, 1.165) is 11.3 Å². The van der Waals surface area contributed by atoms with Crippen LogP contribution in [0.2, 0.25) is 0 Å². The maximum Gasteiger partial charge on any atom is 0.324 e. The van der Waals surface area contributed by atoms with Gasteiger partial charge in [-0.3, -0.25) is 5.32 Å². The fourth-order valence-electron chi connectivity index (χ4n) is 1.78. The second kappa shape index (κ2) is 7.45. The second-order valence-electron chi connectivity index (χ2n) is 5.53. The summed E-state index contributed by atoms with van der Waals surface area (Å²) in [4.78, 5) is 16.0. The molecule has 2 N–H and O–H groups in total. The fraction of sp³-hybridized carbons (Fsp3) is 0.294. The largest absolute Gasteiger partial charge is 0.493 e. The molecule has 1 aromatic heterocycles. The average Bonchev–Trinajstić information content (AvgIpc) is 2.46. The molecule has 0 aliphatic rings. The molecule has 0 atom stereocenters. The highest BCUT2D eigenvalue weighted by atomic mass is 16.5. The predicted octanol–water partition coefficient (Wildman–Crippen LogP) is 4.07. The lowest BCUT2D eigenvalue weighted by Gasteiger charge is -2.10. The number of nitrogens with zero attached hydrogens (tertiary/aromatic N) is 1. The Morgan fingerprint density at radius 3 is 2.55 bits per heavy atom. The molecule has 1 heterocycles. The van der Waals surface area contributed by atoms with Gasteiger partial charge >= 0.3 is 6.03 Å². The number of ether oxygens (including phenoxy) is 1. The van der Waals surface area contributed by atoms with E-state index in [0.29, 0.717) is 24.0 Å². The lowest BCUT2D eigenvalue weighted by Crippen LogP contribution is -2.20. The average molecular weight is 299 g/mol. The van der Waals surface area contributed by atoms with Gasteiger partial charge in [0.15, 0.2) is 0 Å². The van der Waals surface area contributed by atoms with E-state index >= 15 is 0 Å². The van der Waals surface area contributed by atoms with Crippen LogP contribution in [0.15, 0.2) is 42.6 Å². The Labute approximate surface area is 130 Å². The molecule has 0 saturated carbocycles. The lowest BCUT2D eigenvalue weighted by molar-refractivity contribution is 0.262. The number of carbonyl (C=O) groups excluding carboxylic acids is 1. The minimum Gasteiger partial charge on any atom is -0.493 e. The van der Waals surface area contributed by atoms with Crippen molar-refractivity contribution in [2.75, 3.05) is 17.2 Å². The number of pyridine rings is 1. The van der Waals surface area contributed by atoms with Crippen LogP contribution in [0.4, 0.5) is 16.3 Å². The van der Waals surface area contributed by atoms with Gasteiger partial charge in [-0.1, -0.05) is 13.8 Å². The smallest absolute Gasteiger partial charge is 0.324 e. The Kier molecular flexibility index (Phi) is 5.36. The van der Waals surface area contributed by atoms with E-state index < -0.39 is 0 Å². The molecular weight excluding hydrogens is 278 g/mol. The summed E-state index contributed by atoms with van der Waals surface area (Å²) in [6.07, 6.45) is 1.66. The number of urea groups is 1. The van der Waals surface area contributed by atoms with E-state index in [1.807, 2.05) is 31.2 Å². The molecule has 2 amide bonds. The number of rotatable bonds is 5. The maximum atomic E-state index is 11.9. The first kappa shape index (κ1) is 15.8. The molecule has 5 nitrogen and oxygen atoms in total. The summed E-state index contributed by atoms with van der Waals surface area (Å²) >= 11 is 0. The summed E-state index contributed by atoms with van der Waals surface area (Å²) in [5.74, 6) is 1.79. The summed E-state index contributed by atoms with van der Waals surface area (Å²) in [5.41, 5.74) is 1.74. The summed E-state index contributed by atoms with van der Waals surface area (Å²) in [6.45, 7) is 6.81. The number of hydrogen-bond donors (Lipinski definition) is 2. The van der Waals surface area contributed by atoms with Gasteiger partial charge in [0.2, 0.25) is 0 Å². The maximum absolute atomic E-state index is 11.9. The molecule has 5 heteroatoms. The number of aromatic nitrogens is 1. The Morgan fingerprint density at radius 1 is 1.18 bits per heavy atom. The van der Waals surface area contributed by atoms with Gasteiger partial charge in [0.1, 0.15) is 11.6 Å². The molecule has 2 rings (SSSR count). The number of nitrogens with one attached hydrogen (secondary N) is 2. The van der Waals surface area contributed by atoms with E-state index in [2.05, 4.69) is 29.5 Å². The summed E-state index contributed by atoms with van der Waals surface area (Å²) in [6, 6.07) is 10.6. The Balaban J connectivity index is 1.89. The molecule has 0 bridgehead atoms. The quantitative estimate of drug-likeness (QED) is 0.874. The minimum absolute atomic E-state index is 0.325. The Hall–Kier alpha value is -2.56. The van der Waals surface area contributed by atoms with Gasteiger partial charge in [0, 0.05) is 11.9 Å². The molecule has 0 fully saturated rings. The fourth-order valence-corrected chi connectivity index (χ4v) is 1.78. The van der Waals surface area contributed by atoms with Crippen molar-refractivity contribution in [2.45, 2.75) is 20.8 Å². The first-order valence-electron chi connectivity index (χ1n) is 7.26. The zero-order valence-corrected chi connectivity index (χ0v) is 13.1. The van der Waals surface area contributed by atoms with Crippen molar-refractivity contribution in [3.63, 3.8) is 0 Å². The zero-order valence-electron chi connectivity index (χ0n) is 13.1. The molecule has 0 spiro atoms. The van der Waals surface area contributed by atoms with Gasteiger partial charge in [0.05, 0.1) is 6.61 Å². The van der Waals surface area contributed by atoms with Crippen LogP contribution in [-0.2, 0) is 0 Å². The van der Waals surface area contributed by atoms with Crippen LogP contribution >= 0.6 is 0 Å². The van der Waals surface area contributed by atoms with Crippen molar-refractivity contribution < 1.29 is 9.53 Å². The van der Waals surface area contributed by atoms with Crippen LogP contribution in [-0.4, -0.2) is 17.6 Å². The SMILES string of the molecule is Cc1ccnc(NC(=O)Nc2ccc(OCC(C)C)cc2)c1. The highest BCUT2D eigenvalue weighted by Gasteiger charge is 2.04. The van der Waals surface area contributed by atoms with Crippen molar-refractivity contribution in [3.05, 3.63) is 48.2 Å². The van der Waals surface area contributed by atoms with Crippen LogP contribution in [0.1, 0.15) is 19.4 Å². The van der Waals surface area contributed by atoms with E-state index in [-0.39, 0.29) is 6.03 Å². The third-order valence-electron chi connectivity index (χ3n) is 2.85. The predicted molar refractivity (Wildman–Crippen MR) is 88.4 cm³/mol. The van der Waals surface area contributed by atoms with Crippen molar-refractivity contribution >= 4 is 17.5 Å². The number of hydrogen-bond acceptors (Lipinski definition) is 3. The van der Waals surface area contributed by atoms with Crippen LogP contribution < -0.4 is 15.4 Å². The van der Waals surface area contributed by atoms with Crippen LogP contribution in [0.5, 0.6) is 5.75 Å². The Bertz CT molecular complexity index is 624. The van der Waals surface area contributed by atoms with E-state index in [9.17, 15) is 4.79 Å². The number of aryl methyl sites for hydroxylation is 1. The van der Waals surface area contributed by atoms with Crippen molar-refractivity contribution in [3.8, 4) is 5.75 Å². The van der Waals surface area contributed by atoms with Crippen LogP contribution in [0.3, 0.4) is 0 Å². The molecular formula is C17H21N3O2. The van der Waals surface area contributed by atoms with Gasteiger partial charge in [-0.25, -0.2) is 9.78 Å². The highest BCUT2D eigenvalue weighted by molar-refractivity contribution is 5.99. The molecule has 1 aromatic carbocycles. The molecule has 0 radical (unpaired) electrons. The van der Waals surface area contributed by atoms with E-state index in [1.54, 1.807) is 18.3 Å². The standard InChI is InChI=1S/C17H21N3O2/c1-12(2)11-22-15-6-4-14(5-7-15)19-17(21)20-16-10-13(3)8-9-18-16/h4-10,12H,11H2,1-3H3,(H2,18,19,20,21). The van der Waals surface area contributed by atoms with Crippen LogP contribution in [0, 0.1) is 12.8 Å². The van der Waals surface area contributed by atoms with Gasteiger partial charge in [-0.15, -0.1) is 0 Å². The summed E-state index contributed by atoms with van der Waals surface area (Å²) < 4.78 is 5.60. The first-order chi connectivity index (χ1) is 10.5. The third-order valence-corrected chi connectivity index (χ3v) is 2.85. The van der Waals surface area contributed by atoms with Crippen LogP contribution in [0.25, 0.3) is 0 Å². The number of amides is 2. The monoisotopic (exact) mass is 299 g/mol. The third kappa shape index (κ3) is 5.09.